The second-order valence-corrected chi connectivity index (χ2v) is 7.47. The Hall–Kier alpha value is -3.85. The van der Waals surface area contributed by atoms with Crippen molar-refractivity contribution in [1.29, 1.82) is 0 Å². The van der Waals surface area contributed by atoms with Crippen molar-refractivity contribution >= 4 is 5.97 Å². The number of nitrogens with zero attached hydrogens (tertiary/aromatic N) is 5. The zero-order valence-electron chi connectivity index (χ0n) is 17.7. The van der Waals surface area contributed by atoms with Crippen LogP contribution in [0.1, 0.15) is 47.3 Å². The van der Waals surface area contributed by atoms with Crippen LogP contribution < -0.4 is 0 Å². The third-order valence-electron chi connectivity index (χ3n) is 5.36. The lowest BCUT2D eigenvalue weighted by Gasteiger charge is -2.12. The largest absolute Gasteiger partial charge is 0.477 e. The van der Waals surface area contributed by atoms with E-state index in [-0.39, 0.29) is 11.4 Å². The van der Waals surface area contributed by atoms with Crippen molar-refractivity contribution in [3.8, 4) is 22.5 Å². The molecule has 0 saturated heterocycles. The lowest BCUT2D eigenvalue weighted by molar-refractivity contribution is 0.0681. The predicted molar refractivity (Wildman–Crippen MR) is 118 cm³/mol. The zero-order valence-corrected chi connectivity index (χ0v) is 17.7. The number of rotatable bonds is 9. The van der Waals surface area contributed by atoms with E-state index in [9.17, 15) is 15.0 Å². The summed E-state index contributed by atoms with van der Waals surface area (Å²) in [4.78, 5) is 16.3. The van der Waals surface area contributed by atoms with Crippen LogP contribution in [0.4, 0.5) is 0 Å². The summed E-state index contributed by atoms with van der Waals surface area (Å²) in [5.74, 6) is 0.183. The normalized spacial score (nSPS) is 11.1. The van der Waals surface area contributed by atoms with Crippen LogP contribution in [0.3, 0.4) is 0 Å². The summed E-state index contributed by atoms with van der Waals surface area (Å²) in [6.07, 6.45) is 2.53. The SMILES string of the molecule is CCCCc1nc(CO)c(C(=O)O)n1Cc1ccc(-c2ccccc2-c2nnn[nH]2)cc1. The molecule has 0 atom stereocenters. The topological polar surface area (TPSA) is 130 Å². The van der Waals surface area contributed by atoms with Gasteiger partial charge < -0.3 is 14.8 Å². The first-order valence-electron chi connectivity index (χ1n) is 10.5. The Morgan fingerprint density at radius 2 is 1.84 bits per heavy atom. The van der Waals surface area contributed by atoms with Crippen LogP contribution in [0.25, 0.3) is 22.5 Å². The standard InChI is InChI=1S/C23H24N6O3/c1-2-3-8-20-24-19(14-30)21(23(31)32)29(20)13-15-9-11-16(12-10-15)17-6-4-5-7-18(17)22-25-27-28-26-22/h4-7,9-12,30H,2-3,8,13-14H2,1H3,(H,31,32)(H,25,26,27,28). The molecule has 2 aromatic heterocycles. The van der Waals surface area contributed by atoms with Crippen LogP contribution in [0.5, 0.6) is 0 Å². The van der Waals surface area contributed by atoms with Crippen LogP contribution in [0.15, 0.2) is 48.5 Å². The first-order valence-corrected chi connectivity index (χ1v) is 10.5. The average Bonchev–Trinajstić information content (AvgIpc) is 3.46. The van der Waals surface area contributed by atoms with Gasteiger partial charge in [0.25, 0.3) is 0 Å². The molecule has 164 valence electrons. The number of aryl methyl sites for hydroxylation is 1. The number of aromatic amines is 1. The number of imidazole rings is 1. The minimum absolute atomic E-state index is 0.0471. The molecule has 2 heterocycles. The number of aliphatic hydroxyl groups is 1. The number of carboxylic acid groups (broad SMARTS) is 1. The van der Waals surface area contributed by atoms with Crippen LogP contribution >= 0.6 is 0 Å². The molecule has 0 amide bonds. The van der Waals surface area contributed by atoms with Gasteiger partial charge in [-0.2, -0.15) is 0 Å². The van der Waals surface area contributed by atoms with Gasteiger partial charge in [0.05, 0.1) is 12.3 Å². The summed E-state index contributed by atoms with van der Waals surface area (Å²) in [6, 6.07) is 15.8. The number of carboxylic acids is 1. The number of aromatic nitrogens is 6. The summed E-state index contributed by atoms with van der Waals surface area (Å²) in [5.41, 5.74) is 4.06. The Labute approximate surface area is 184 Å². The Morgan fingerprint density at radius 1 is 1.09 bits per heavy atom. The number of aromatic carboxylic acids is 1. The summed E-state index contributed by atoms with van der Waals surface area (Å²) in [6.45, 7) is 2.03. The van der Waals surface area contributed by atoms with Crippen molar-refractivity contribution in [2.45, 2.75) is 39.3 Å². The molecule has 0 bridgehead atoms. The third kappa shape index (κ3) is 4.28. The fraction of sp³-hybridized carbons (Fsp3) is 0.261. The van der Waals surface area contributed by atoms with Gasteiger partial charge in [-0.05, 0) is 33.5 Å². The number of hydrogen-bond acceptors (Lipinski definition) is 6. The first-order chi connectivity index (χ1) is 15.6. The number of benzene rings is 2. The molecule has 32 heavy (non-hydrogen) atoms. The summed E-state index contributed by atoms with van der Waals surface area (Å²) < 4.78 is 1.70. The van der Waals surface area contributed by atoms with Crippen molar-refractivity contribution in [3.05, 3.63) is 71.3 Å². The molecule has 0 radical (unpaired) electrons. The zero-order chi connectivity index (χ0) is 22.5. The molecule has 0 aliphatic heterocycles. The first kappa shape index (κ1) is 21.4. The molecule has 9 heteroatoms. The number of tetrazole rings is 1. The lowest BCUT2D eigenvalue weighted by Crippen LogP contribution is -2.14. The molecule has 2 aromatic carbocycles. The second kappa shape index (κ2) is 9.52. The van der Waals surface area contributed by atoms with Crippen molar-refractivity contribution in [3.63, 3.8) is 0 Å². The third-order valence-corrected chi connectivity index (χ3v) is 5.36. The highest BCUT2D eigenvalue weighted by Gasteiger charge is 2.22. The van der Waals surface area contributed by atoms with E-state index in [2.05, 4.69) is 32.5 Å². The van der Waals surface area contributed by atoms with Gasteiger partial charge in [0.2, 0.25) is 0 Å². The van der Waals surface area contributed by atoms with Gasteiger partial charge in [-0.1, -0.05) is 61.9 Å². The van der Waals surface area contributed by atoms with Crippen LogP contribution in [0, 0.1) is 0 Å². The molecule has 0 unspecified atom stereocenters. The molecule has 0 spiro atoms. The van der Waals surface area contributed by atoms with Gasteiger partial charge in [0.15, 0.2) is 11.5 Å². The predicted octanol–water partition coefficient (Wildman–Crippen LogP) is 3.31. The summed E-state index contributed by atoms with van der Waals surface area (Å²) in [7, 11) is 0. The van der Waals surface area contributed by atoms with E-state index in [4.69, 9.17) is 0 Å². The Morgan fingerprint density at radius 3 is 2.47 bits per heavy atom. The molecule has 0 aliphatic rings. The lowest BCUT2D eigenvalue weighted by atomic mass is 9.98. The number of hydrogen-bond donors (Lipinski definition) is 3. The highest BCUT2D eigenvalue weighted by molar-refractivity contribution is 5.87. The Bertz CT molecular complexity index is 1200. The molecule has 4 aromatic rings. The molecule has 0 fully saturated rings. The van der Waals surface area contributed by atoms with Crippen molar-refractivity contribution < 1.29 is 15.0 Å². The number of nitrogens with one attached hydrogen (secondary N) is 1. The maximum absolute atomic E-state index is 11.9. The van der Waals surface area contributed by atoms with E-state index in [1.165, 1.54) is 0 Å². The van der Waals surface area contributed by atoms with Crippen LogP contribution in [-0.2, 0) is 19.6 Å². The number of carbonyl (C=O) groups is 1. The van der Waals surface area contributed by atoms with Crippen LogP contribution in [-0.4, -0.2) is 46.4 Å². The highest BCUT2D eigenvalue weighted by Crippen LogP contribution is 2.30. The Balaban J connectivity index is 1.66. The molecule has 3 N–H and O–H groups in total. The minimum atomic E-state index is -1.09. The summed E-state index contributed by atoms with van der Waals surface area (Å²) >= 11 is 0. The van der Waals surface area contributed by atoms with Crippen molar-refractivity contribution in [2.24, 2.45) is 0 Å². The number of aliphatic hydroxyl groups excluding tert-OH is 1. The van der Waals surface area contributed by atoms with E-state index in [0.29, 0.717) is 24.6 Å². The molecular weight excluding hydrogens is 408 g/mol. The van der Waals surface area contributed by atoms with E-state index in [1.807, 2.05) is 48.5 Å². The maximum atomic E-state index is 11.9. The highest BCUT2D eigenvalue weighted by atomic mass is 16.4. The van der Waals surface area contributed by atoms with Gasteiger partial charge in [-0.15, -0.1) is 5.10 Å². The molecule has 0 aliphatic carbocycles. The van der Waals surface area contributed by atoms with Gasteiger partial charge in [0, 0.05) is 18.5 Å². The summed E-state index contributed by atoms with van der Waals surface area (Å²) in [5, 5.41) is 33.5. The van der Waals surface area contributed by atoms with Crippen molar-refractivity contribution in [1.82, 2.24) is 30.2 Å². The minimum Gasteiger partial charge on any atom is -0.477 e. The molecule has 4 rings (SSSR count). The average molecular weight is 432 g/mol. The second-order valence-electron chi connectivity index (χ2n) is 7.47. The Kier molecular flexibility index (Phi) is 6.37. The van der Waals surface area contributed by atoms with Crippen molar-refractivity contribution in [2.75, 3.05) is 0 Å². The van der Waals surface area contributed by atoms with Gasteiger partial charge in [-0.3, -0.25) is 0 Å². The van der Waals surface area contributed by atoms with E-state index in [1.54, 1.807) is 4.57 Å². The molecule has 9 nitrogen and oxygen atoms in total. The van der Waals surface area contributed by atoms with E-state index in [0.717, 1.165) is 35.1 Å². The van der Waals surface area contributed by atoms with Gasteiger partial charge in [0.1, 0.15) is 5.82 Å². The molecule has 0 saturated carbocycles. The van der Waals surface area contributed by atoms with Gasteiger partial charge in [-0.25, -0.2) is 14.9 Å². The monoisotopic (exact) mass is 432 g/mol. The quantitative estimate of drug-likeness (QED) is 0.370. The van der Waals surface area contributed by atoms with E-state index < -0.39 is 12.6 Å². The number of unbranched alkanes of at least 4 members (excludes halogenated alkanes) is 1. The number of H-pyrrole nitrogens is 1. The van der Waals surface area contributed by atoms with Gasteiger partial charge >= 0.3 is 5.97 Å². The fourth-order valence-electron chi connectivity index (χ4n) is 3.79. The van der Waals surface area contributed by atoms with Crippen LogP contribution in [0.2, 0.25) is 0 Å². The smallest absolute Gasteiger partial charge is 0.354 e. The maximum Gasteiger partial charge on any atom is 0.354 e. The van der Waals surface area contributed by atoms with E-state index >= 15 is 0 Å². The fourth-order valence-corrected chi connectivity index (χ4v) is 3.79. The molecular formula is C23H24N6O3.